The van der Waals surface area contributed by atoms with E-state index in [-0.39, 0.29) is 5.91 Å². The van der Waals surface area contributed by atoms with E-state index in [1.165, 1.54) is 5.56 Å². The first-order valence-electron chi connectivity index (χ1n) is 9.43. The summed E-state index contributed by atoms with van der Waals surface area (Å²) in [5.41, 5.74) is 2.51. The van der Waals surface area contributed by atoms with Gasteiger partial charge in [-0.25, -0.2) is 0 Å². The Bertz CT molecular complexity index is 782. The Balaban J connectivity index is 1.49. The van der Waals surface area contributed by atoms with Gasteiger partial charge in [0, 0.05) is 44.3 Å². The average molecular weight is 362 g/mol. The highest BCUT2D eigenvalue weighted by molar-refractivity contribution is 5.94. The normalized spacial score (nSPS) is 18.0. The fourth-order valence-corrected chi connectivity index (χ4v) is 3.50. The fourth-order valence-electron chi connectivity index (χ4n) is 3.50. The molecule has 0 aliphatic carbocycles. The van der Waals surface area contributed by atoms with Crippen molar-refractivity contribution in [2.24, 2.45) is 0 Å². The van der Waals surface area contributed by atoms with Gasteiger partial charge in [-0.05, 0) is 43.3 Å². The lowest BCUT2D eigenvalue weighted by Crippen LogP contribution is -2.47. The SMILES string of the molecule is CN1CCN(CCCNC(=O)c2ccc(C#N)cc2)C(c2ccccc2)C1. The molecular formula is C22H26N4O. The van der Waals surface area contributed by atoms with Crippen molar-refractivity contribution in [1.29, 1.82) is 5.26 Å². The first-order chi connectivity index (χ1) is 13.2. The second-order valence-corrected chi connectivity index (χ2v) is 7.02. The van der Waals surface area contributed by atoms with Gasteiger partial charge >= 0.3 is 0 Å². The Morgan fingerprint density at radius 2 is 1.89 bits per heavy atom. The highest BCUT2D eigenvalue weighted by Gasteiger charge is 2.25. The van der Waals surface area contributed by atoms with Crippen molar-refractivity contribution in [3.05, 3.63) is 71.3 Å². The average Bonchev–Trinajstić information content (AvgIpc) is 2.72. The van der Waals surface area contributed by atoms with Gasteiger partial charge in [0.05, 0.1) is 11.6 Å². The molecule has 1 N–H and O–H groups in total. The number of hydrogen-bond donors (Lipinski definition) is 1. The summed E-state index contributed by atoms with van der Waals surface area (Å²) >= 11 is 0. The second kappa shape index (κ2) is 9.31. The van der Waals surface area contributed by atoms with E-state index in [0.29, 0.717) is 23.7 Å². The largest absolute Gasteiger partial charge is 0.352 e. The monoisotopic (exact) mass is 362 g/mol. The summed E-state index contributed by atoms with van der Waals surface area (Å²) in [5.74, 6) is -0.0857. The van der Waals surface area contributed by atoms with Crippen molar-refractivity contribution in [2.45, 2.75) is 12.5 Å². The molecule has 1 saturated heterocycles. The molecule has 3 rings (SSSR count). The van der Waals surface area contributed by atoms with Crippen LogP contribution in [0.5, 0.6) is 0 Å². The van der Waals surface area contributed by atoms with E-state index in [4.69, 9.17) is 5.26 Å². The topological polar surface area (TPSA) is 59.4 Å². The Hall–Kier alpha value is -2.68. The molecule has 0 spiro atoms. The number of piperazine rings is 1. The van der Waals surface area contributed by atoms with Crippen LogP contribution in [-0.4, -0.2) is 55.5 Å². The smallest absolute Gasteiger partial charge is 0.251 e. The third-order valence-electron chi connectivity index (χ3n) is 5.06. The number of rotatable bonds is 6. The molecule has 5 heteroatoms. The number of nitrogens with one attached hydrogen (secondary N) is 1. The van der Waals surface area contributed by atoms with E-state index in [0.717, 1.165) is 32.6 Å². The van der Waals surface area contributed by atoms with Crippen LogP contribution in [0.2, 0.25) is 0 Å². The number of nitrogens with zero attached hydrogens (tertiary/aromatic N) is 3. The van der Waals surface area contributed by atoms with Gasteiger partial charge in [-0.15, -0.1) is 0 Å². The molecule has 0 aromatic heterocycles. The Labute approximate surface area is 161 Å². The first-order valence-corrected chi connectivity index (χ1v) is 9.43. The summed E-state index contributed by atoms with van der Waals surface area (Å²) in [6, 6.07) is 19.8. The predicted octanol–water partition coefficient (Wildman–Crippen LogP) is 2.67. The highest BCUT2D eigenvalue weighted by atomic mass is 16.1. The molecule has 0 saturated carbocycles. The maximum absolute atomic E-state index is 12.2. The molecule has 5 nitrogen and oxygen atoms in total. The van der Waals surface area contributed by atoms with E-state index < -0.39 is 0 Å². The van der Waals surface area contributed by atoms with Crippen molar-refractivity contribution >= 4 is 5.91 Å². The van der Waals surface area contributed by atoms with Crippen molar-refractivity contribution in [2.75, 3.05) is 39.8 Å². The maximum Gasteiger partial charge on any atom is 0.251 e. The van der Waals surface area contributed by atoms with Gasteiger partial charge < -0.3 is 10.2 Å². The summed E-state index contributed by atoms with van der Waals surface area (Å²) in [6.45, 7) is 4.75. The summed E-state index contributed by atoms with van der Waals surface area (Å²) in [5, 5.41) is 11.8. The first kappa shape index (κ1) is 19.1. The molecule has 1 atom stereocenters. The van der Waals surface area contributed by atoms with Crippen molar-refractivity contribution in [3.63, 3.8) is 0 Å². The Kier molecular flexibility index (Phi) is 6.59. The second-order valence-electron chi connectivity index (χ2n) is 7.02. The third-order valence-corrected chi connectivity index (χ3v) is 5.06. The number of likely N-dealkylation sites (N-methyl/N-ethyl adjacent to an activating group) is 1. The number of nitriles is 1. The molecule has 1 heterocycles. The molecule has 1 amide bonds. The lowest BCUT2D eigenvalue weighted by molar-refractivity contribution is 0.0866. The van der Waals surface area contributed by atoms with Crippen LogP contribution >= 0.6 is 0 Å². The number of hydrogen-bond acceptors (Lipinski definition) is 4. The van der Waals surface area contributed by atoms with Gasteiger partial charge in [0.15, 0.2) is 0 Å². The molecule has 27 heavy (non-hydrogen) atoms. The Morgan fingerprint density at radius 1 is 1.15 bits per heavy atom. The van der Waals surface area contributed by atoms with E-state index >= 15 is 0 Å². The van der Waals surface area contributed by atoms with Crippen LogP contribution in [0.1, 0.15) is 33.9 Å². The molecule has 1 fully saturated rings. The van der Waals surface area contributed by atoms with Gasteiger partial charge in [0.1, 0.15) is 0 Å². The van der Waals surface area contributed by atoms with Crippen LogP contribution in [0, 0.1) is 11.3 Å². The quantitative estimate of drug-likeness (QED) is 0.803. The zero-order valence-corrected chi connectivity index (χ0v) is 15.8. The van der Waals surface area contributed by atoms with Crippen molar-refractivity contribution in [3.8, 4) is 6.07 Å². The molecule has 1 unspecified atom stereocenters. The van der Waals surface area contributed by atoms with Crippen molar-refractivity contribution in [1.82, 2.24) is 15.1 Å². The summed E-state index contributed by atoms with van der Waals surface area (Å²) in [6.07, 6.45) is 0.912. The number of carbonyl (C=O) groups is 1. The molecule has 2 aromatic rings. The minimum Gasteiger partial charge on any atom is -0.352 e. The van der Waals surface area contributed by atoms with Crippen LogP contribution in [0.15, 0.2) is 54.6 Å². The zero-order chi connectivity index (χ0) is 19.1. The minimum atomic E-state index is -0.0857. The number of carbonyl (C=O) groups excluding carboxylic acids is 1. The third kappa shape index (κ3) is 5.16. The molecule has 0 bridgehead atoms. The Morgan fingerprint density at radius 3 is 2.59 bits per heavy atom. The maximum atomic E-state index is 12.2. The molecular weight excluding hydrogens is 336 g/mol. The predicted molar refractivity (Wildman–Crippen MR) is 106 cm³/mol. The molecule has 2 aromatic carbocycles. The van der Waals surface area contributed by atoms with Gasteiger partial charge in [-0.1, -0.05) is 30.3 Å². The van der Waals surface area contributed by atoms with E-state index in [1.807, 2.05) is 0 Å². The van der Waals surface area contributed by atoms with Crippen LogP contribution in [0.3, 0.4) is 0 Å². The van der Waals surface area contributed by atoms with Gasteiger partial charge in [-0.2, -0.15) is 5.26 Å². The number of benzene rings is 2. The molecule has 140 valence electrons. The lowest BCUT2D eigenvalue weighted by atomic mass is 10.0. The highest BCUT2D eigenvalue weighted by Crippen LogP contribution is 2.24. The summed E-state index contributed by atoms with van der Waals surface area (Å²) < 4.78 is 0. The van der Waals surface area contributed by atoms with E-state index in [1.54, 1.807) is 24.3 Å². The van der Waals surface area contributed by atoms with Crippen LogP contribution < -0.4 is 5.32 Å². The van der Waals surface area contributed by atoms with Crippen LogP contribution in [-0.2, 0) is 0 Å². The van der Waals surface area contributed by atoms with E-state index in [2.05, 4.69) is 58.6 Å². The van der Waals surface area contributed by atoms with Gasteiger partial charge in [-0.3, -0.25) is 9.69 Å². The van der Waals surface area contributed by atoms with Crippen molar-refractivity contribution < 1.29 is 4.79 Å². The minimum absolute atomic E-state index is 0.0857. The molecule has 1 aliphatic rings. The number of amides is 1. The van der Waals surface area contributed by atoms with Gasteiger partial charge in [0.2, 0.25) is 0 Å². The molecule has 1 aliphatic heterocycles. The van der Waals surface area contributed by atoms with Gasteiger partial charge in [0.25, 0.3) is 5.91 Å². The lowest BCUT2D eigenvalue weighted by Gasteiger charge is -2.40. The summed E-state index contributed by atoms with van der Waals surface area (Å²) in [4.78, 5) is 17.1. The van der Waals surface area contributed by atoms with Crippen LogP contribution in [0.25, 0.3) is 0 Å². The van der Waals surface area contributed by atoms with E-state index in [9.17, 15) is 4.79 Å². The fraction of sp³-hybridized carbons (Fsp3) is 0.364. The standard InChI is InChI=1S/C22H26N4O/c1-25-14-15-26(21(17-25)19-6-3-2-4-7-19)13-5-12-24-22(27)20-10-8-18(16-23)9-11-20/h2-4,6-11,21H,5,12-15,17H2,1H3,(H,24,27). The summed E-state index contributed by atoms with van der Waals surface area (Å²) in [7, 11) is 2.17. The zero-order valence-electron chi connectivity index (χ0n) is 15.8. The molecule has 0 radical (unpaired) electrons. The van der Waals surface area contributed by atoms with Crippen LogP contribution in [0.4, 0.5) is 0 Å².